The van der Waals surface area contributed by atoms with Gasteiger partial charge in [0.2, 0.25) is 10.0 Å². The highest BCUT2D eigenvalue weighted by atomic mass is 32.2. The number of benzene rings is 2. The standard InChI is InChI=1S/C19H22N2O3S/c1-13-8-9-15(10-14(13)2)25(23,24)20-11-19(22)17-12-21(3)18-7-5-4-6-16(17)18/h4-10,12,19-20,22H,11H2,1-3H3. The molecule has 0 saturated carbocycles. The Balaban J connectivity index is 1.81. The number of aromatic nitrogens is 1. The highest BCUT2D eigenvalue weighted by Gasteiger charge is 2.19. The molecule has 3 rings (SSSR count). The number of para-hydroxylation sites is 1. The van der Waals surface area contributed by atoms with Gasteiger partial charge in [-0.15, -0.1) is 0 Å². The summed E-state index contributed by atoms with van der Waals surface area (Å²) in [5.41, 5.74) is 3.65. The summed E-state index contributed by atoms with van der Waals surface area (Å²) in [5.74, 6) is 0. The first-order valence-electron chi connectivity index (χ1n) is 8.08. The number of fused-ring (bicyclic) bond motifs is 1. The molecular weight excluding hydrogens is 336 g/mol. The predicted molar refractivity (Wildman–Crippen MR) is 99.0 cm³/mol. The lowest BCUT2D eigenvalue weighted by Crippen LogP contribution is -2.28. The summed E-state index contributed by atoms with van der Waals surface area (Å²) in [6.45, 7) is 3.73. The first-order valence-corrected chi connectivity index (χ1v) is 9.57. The van der Waals surface area contributed by atoms with Crippen LogP contribution in [-0.2, 0) is 17.1 Å². The van der Waals surface area contributed by atoms with Gasteiger partial charge in [0.25, 0.3) is 0 Å². The van der Waals surface area contributed by atoms with Gasteiger partial charge in [-0.1, -0.05) is 24.3 Å². The number of hydrogen-bond donors (Lipinski definition) is 2. The Kier molecular flexibility index (Phi) is 4.69. The monoisotopic (exact) mass is 358 g/mol. The second-order valence-electron chi connectivity index (χ2n) is 6.33. The molecule has 0 aliphatic heterocycles. The summed E-state index contributed by atoms with van der Waals surface area (Å²) in [4.78, 5) is 0.209. The Bertz CT molecular complexity index is 1020. The van der Waals surface area contributed by atoms with Crippen LogP contribution in [0.2, 0.25) is 0 Å². The molecule has 5 nitrogen and oxygen atoms in total. The Morgan fingerprint density at radius 2 is 1.84 bits per heavy atom. The van der Waals surface area contributed by atoms with E-state index in [0.717, 1.165) is 22.0 Å². The molecule has 0 radical (unpaired) electrons. The molecule has 0 fully saturated rings. The van der Waals surface area contributed by atoms with E-state index in [2.05, 4.69) is 4.72 Å². The molecule has 6 heteroatoms. The molecule has 0 amide bonds. The minimum Gasteiger partial charge on any atom is -0.387 e. The van der Waals surface area contributed by atoms with Gasteiger partial charge in [-0.05, 0) is 43.2 Å². The third kappa shape index (κ3) is 3.46. The van der Waals surface area contributed by atoms with Crippen molar-refractivity contribution in [2.24, 2.45) is 7.05 Å². The van der Waals surface area contributed by atoms with Gasteiger partial charge in [0.1, 0.15) is 0 Å². The van der Waals surface area contributed by atoms with Crippen molar-refractivity contribution >= 4 is 20.9 Å². The van der Waals surface area contributed by atoms with Gasteiger partial charge in [-0.25, -0.2) is 13.1 Å². The molecule has 0 aliphatic rings. The topological polar surface area (TPSA) is 71.3 Å². The van der Waals surface area contributed by atoms with Gasteiger partial charge in [-0.2, -0.15) is 0 Å². The summed E-state index contributed by atoms with van der Waals surface area (Å²) < 4.78 is 29.4. The minimum absolute atomic E-state index is 0.0801. The molecule has 0 spiro atoms. The fourth-order valence-electron chi connectivity index (χ4n) is 2.90. The molecule has 3 aromatic rings. The molecule has 1 atom stereocenters. The van der Waals surface area contributed by atoms with E-state index in [9.17, 15) is 13.5 Å². The van der Waals surface area contributed by atoms with Gasteiger partial charge in [-0.3, -0.25) is 0 Å². The zero-order valence-electron chi connectivity index (χ0n) is 14.5. The third-order valence-corrected chi connectivity index (χ3v) is 5.96. The highest BCUT2D eigenvalue weighted by molar-refractivity contribution is 7.89. The van der Waals surface area contributed by atoms with Crippen molar-refractivity contribution in [3.8, 4) is 0 Å². The second kappa shape index (κ2) is 6.63. The Labute approximate surface area is 148 Å². The van der Waals surface area contributed by atoms with Crippen molar-refractivity contribution in [2.45, 2.75) is 24.8 Å². The van der Waals surface area contributed by atoms with Crippen LogP contribution in [0.4, 0.5) is 0 Å². The number of nitrogens with zero attached hydrogens (tertiary/aromatic N) is 1. The number of aliphatic hydroxyl groups is 1. The van der Waals surface area contributed by atoms with Crippen molar-refractivity contribution < 1.29 is 13.5 Å². The molecule has 1 unspecified atom stereocenters. The van der Waals surface area contributed by atoms with E-state index >= 15 is 0 Å². The Morgan fingerprint density at radius 3 is 2.56 bits per heavy atom. The predicted octanol–water partition coefficient (Wildman–Crippen LogP) is 2.81. The van der Waals surface area contributed by atoms with E-state index in [1.807, 2.05) is 55.9 Å². The Hall–Kier alpha value is -2.15. The SMILES string of the molecule is Cc1ccc(S(=O)(=O)NCC(O)c2cn(C)c3ccccc23)cc1C. The van der Waals surface area contributed by atoms with Crippen LogP contribution in [0.25, 0.3) is 10.9 Å². The number of nitrogens with one attached hydrogen (secondary N) is 1. The van der Waals surface area contributed by atoms with Crippen LogP contribution in [0.3, 0.4) is 0 Å². The number of aryl methyl sites for hydroxylation is 3. The second-order valence-corrected chi connectivity index (χ2v) is 8.09. The highest BCUT2D eigenvalue weighted by Crippen LogP contribution is 2.26. The van der Waals surface area contributed by atoms with Gasteiger partial charge in [0.05, 0.1) is 11.0 Å². The lowest BCUT2D eigenvalue weighted by Gasteiger charge is -2.13. The van der Waals surface area contributed by atoms with Crippen molar-refractivity contribution in [1.29, 1.82) is 0 Å². The summed E-state index contributed by atoms with van der Waals surface area (Å²) in [5, 5.41) is 11.4. The molecule has 25 heavy (non-hydrogen) atoms. The van der Waals surface area contributed by atoms with Crippen LogP contribution in [0.15, 0.2) is 53.6 Å². The van der Waals surface area contributed by atoms with E-state index in [0.29, 0.717) is 5.56 Å². The molecule has 132 valence electrons. The molecule has 2 aromatic carbocycles. The van der Waals surface area contributed by atoms with Crippen LogP contribution in [0.5, 0.6) is 0 Å². The number of hydrogen-bond acceptors (Lipinski definition) is 3. The van der Waals surface area contributed by atoms with E-state index in [4.69, 9.17) is 0 Å². The van der Waals surface area contributed by atoms with Crippen LogP contribution in [-0.4, -0.2) is 24.6 Å². The lowest BCUT2D eigenvalue weighted by molar-refractivity contribution is 0.183. The summed E-state index contributed by atoms with van der Waals surface area (Å²) in [7, 11) is -1.77. The first kappa shape index (κ1) is 17.7. The average Bonchev–Trinajstić information content (AvgIpc) is 2.92. The fraction of sp³-hybridized carbons (Fsp3) is 0.263. The van der Waals surface area contributed by atoms with Gasteiger partial charge >= 0.3 is 0 Å². The first-order chi connectivity index (χ1) is 11.8. The van der Waals surface area contributed by atoms with Gasteiger partial charge < -0.3 is 9.67 Å². The third-order valence-electron chi connectivity index (χ3n) is 4.54. The van der Waals surface area contributed by atoms with Crippen molar-refractivity contribution in [3.05, 3.63) is 65.4 Å². The number of sulfonamides is 1. The largest absolute Gasteiger partial charge is 0.387 e. The molecule has 2 N–H and O–H groups in total. The maximum absolute atomic E-state index is 12.5. The van der Waals surface area contributed by atoms with E-state index in [1.54, 1.807) is 18.2 Å². The fourth-order valence-corrected chi connectivity index (χ4v) is 4.02. The summed E-state index contributed by atoms with van der Waals surface area (Å²) in [6.07, 6.45) is 0.909. The maximum Gasteiger partial charge on any atom is 0.240 e. The van der Waals surface area contributed by atoms with Crippen LogP contribution >= 0.6 is 0 Å². The van der Waals surface area contributed by atoms with Crippen molar-refractivity contribution in [3.63, 3.8) is 0 Å². The molecule has 1 heterocycles. The minimum atomic E-state index is -3.67. The summed E-state index contributed by atoms with van der Waals surface area (Å²) >= 11 is 0. The van der Waals surface area contributed by atoms with E-state index in [1.165, 1.54) is 0 Å². The van der Waals surface area contributed by atoms with Gasteiger partial charge in [0, 0.05) is 36.3 Å². The molecule has 0 aliphatic carbocycles. The molecule has 0 bridgehead atoms. The van der Waals surface area contributed by atoms with E-state index < -0.39 is 16.1 Å². The maximum atomic E-state index is 12.5. The van der Waals surface area contributed by atoms with Crippen molar-refractivity contribution in [1.82, 2.24) is 9.29 Å². The van der Waals surface area contributed by atoms with Crippen LogP contribution in [0.1, 0.15) is 22.8 Å². The van der Waals surface area contributed by atoms with Crippen LogP contribution in [0, 0.1) is 13.8 Å². The van der Waals surface area contributed by atoms with Crippen molar-refractivity contribution in [2.75, 3.05) is 6.54 Å². The summed E-state index contributed by atoms with van der Waals surface area (Å²) in [6, 6.07) is 12.7. The smallest absolute Gasteiger partial charge is 0.240 e. The number of rotatable bonds is 5. The zero-order chi connectivity index (χ0) is 18.2. The average molecular weight is 358 g/mol. The molecular formula is C19H22N2O3S. The molecule has 1 aromatic heterocycles. The Morgan fingerprint density at radius 1 is 1.12 bits per heavy atom. The zero-order valence-corrected chi connectivity index (χ0v) is 15.3. The molecule has 0 saturated heterocycles. The quantitative estimate of drug-likeness (QED) is 0.737. The normalized spacial score (nSPS) is 13.3. The lowest BCUT2D eigenvalue weighted by atomic mass is 10.1. The van der Waals surface area contributed by atoms with E-state index in [-0.39, 0.29) is 11.4 Å². The van der Waals surface area contributed by atoms with Gasteiger partial charge in [0.15, 0.2) is 0 Å². The van der Waals surface area contributed by atoms with Crippen LogP contribution < -0.4 is 4.72 Å². The number of aliphatic hydroxyl groups excluding tert-OH is 1.